The maximum absolute atomic E-state index is 11.4. The highest BCUT2D eigenvalue weighted by Gasteiger charge is 2.23. The largest absolute Gasteiger partial charge is 0.295 e. The van der Waals surface area contributed by atoms with Crippen molar-refractivity contribution in [1.29, 1.82) is 0 Å². The van der Waals surface area contributed by atoms with Gasteiger partial charge in [0.25, 0.3) is 0 Å². The summed E-state index contributed by atoms with van der Waals surface area (Å²) in [6, 6.07) is 0. The highest BCUT2D eigenvalue weighted by molar-refractivity contribution is 5.91. The second kappa shape index (κ2) is 4.59. The minimum absolute atomic E-state index is 0.233. The number of hydrogen-bond acceptors (Lipinski definition) is 1. The fourth-order valence-electron chi connectivity index (χ4n) is 2.05. The van der Waals surface area contributed by atoms with E-state index in [1.165, 1.54) is 12.0 Å². The number of ketones is 1. The summed E-state index contributed by atoms with van der Waals surface area (Å²) in [4.78, 5) is 11.4. The van der Waals surface area contributed by atoms with Gasteiger partial charge in [0, 0.05) is 6.42 Å². The monoisotopic (exact) mass is 192 g/mol. The van der Waals surface area contributed by atoms with Crippen LogP contribution < -0.4 is 0 Å². The number of carbonyl (C=O) groups excluding carboxylic acids is 1. The molecular weight excluding hydrogens is 172 g/mol. The maximum atomic E-state index is 11.4. The molecule has 0 bridgehead atoms. The van der Waals surface area contributed by atoms with Crippen LogP contribution in [0.3, 0.4) is 0 Å². The summed E-state index contributed by atoms with van der Waals surface area (Å²) in [6.45, 7) is 6.44. The van der Waals surface area contributed by atoms with Crippen LogP contribution in [-0.4, -0.2) is 5.78 Å². The molecule has 78 valence electrons. The highest BCUT2D eigenvalue weighted by Crippen LogP contribution is 2.36. The molecule has 0 saturated carbocycles. The topological polar surface area (TPSA) is 17.1 Å². The van der Waals surface area contributed by atoms with Crippen molar-refractivity contribution in [1.82, 2.24) is 0 Å². The first-order valence-electron chi connectivity index (χ1n) is 5.37. The average molecular weight is 192 g/mol. The second-order valence-corrected chi connectivity index (χ2v) is 4.89. The summed E-state index contributed by atoms with van der Waals surface area (Å²) in [5, 5.41) is 0. The zero-order chi connectivity index (χ0) is 10.6. The minimum atomic E-state index is 0.233. The number of allylic oxidation sites excluding steroid dienone is 4. The Morgan fingerprint density at radius 3 is 2.86 bits per heavy atom. The van der Waals surface area contributed by atoms with Crippen LogP contribution in [0, 0.1) is 5.41 Å². The van der Waals surface area contributed by atoms with E-state index in [0.29, 0.717) is 11.8 Å². The van der Waals surface area contributed by atoms with Gasteiger partial charge in [0.2, 0.25) is 0 Å². The van der Waals surface area contributed by atoms with E-state index in [1.54, 1.807) is 6.08 Å². The lowest BCUT2D eigenvalue weighted by Gasteiger charge is -2.29. The van der Waals surface area contributed by atoms with Gasteiger partial charge in [-0.1, -0.05) is 31.6 Å². The van der Waals surface area contributed by atoms with Crippen molar-refractivity contribution in [3.63, 3.8) is 0 Å². The molecule has 14 heavy (non-hydrogen) atoms. The molecule has 1 rings (SSSR count). The summed E-state index contributed by atoms with van der Waals surface area (Å²) in [6.07, 6.45) is 9.80. The lowest BCUT2D eigenvalue weighted by Crippen LogP contribution is -2.16. The Hall–Kier alpha value is -0.850. The predicted octanol–water partition coefficient (Wildman–Crippen LogP) is 3.66. The Morgan fingerprint density at radius 2 is 2.29 bits per heavy atom. The molecule has 0 heterocycles. The first-order chi connectivity index (χ1) is 6.53. The Morgan fingerprint density at radius 1 is 1.57 bits per heavy atom. The van der Waals surface area contributed by atoms with Gasteiger partial charge in [-0.15, -0.1) is 0 Å². The fraction of sp³-hybridized carbons (Fsp3) is 0.615. The minimum Gasteiger partial charge on any atom is -0.295 e. The van der Waals surface area contributed by atoms with Crippen LogP contribution in [0.2, 0.25) is 0 Å². The lowest BCUT2D eigenvalue weighted by atomic mass is 9.76. The van der Waals surface area contributed by atoms with Crippen molar-refractivity contribution in [2.75, 3.05) is 0 Å². The molecule has 0 aromatic heterocycles. The Balaban J connectivity index is 2.54. The maximum Gasteiger partial charge on any atom is 0.159 e. The highest BCUT2D eigenvalue weighted by atomic mass is 16.1. The Labute approximate surface area is 86.9 Å². The molecule has 0 radical (unpaired) electrons. The van der Waals surface area contributed by atoms with Gasteiger partial charge in [0.1, 0.15) is 0 Å². The normalized spacial score (nSPS) is 20.9. The van der Waals surface area contributed by atoms with Gasteiger partial charge in [0.15, 0.2) is 5.78 Å². The predicted molar refractivity (Wildman–Crippen MR) is 60.2 cm³/mol. The van der Waals surface area contributed by atoms with E-state index in [9.17, 15) is 4.79 Å². The van der Waals surface area contributed by atoms with E-state index >= 15 is 0 Å². The van der Waals surface area contributed by atoms with Crippen LogP contribution in [-0.2, 0) is 4.79 Å². The van der Waals surface area contributed by atoms with Gasteiger partial charge < -0.3 is 0 Å². The van der Waals surface area contributed by atoms with Crippen molar-refractivity contribution in [3.05, 3.63) is 23.8 Å². The van der Waals surface area contributed by atoms with Crippen LogP contribution >= 0.6 is 0 Å². The molecule has 0 aromatic rings. The van der Waals surface area contributed by atoms with E-state index in [1.807, 2.05) is 13.0 Å². The molecular formula is C13H20O. The van der Waals surface area contributed by atoms with Crippen LogP contribution in [0.1, 0.15) is 46.5 Å². The number of carbonyl (C=O) groups is 1. The van der Waals surface area contributed by atoms with Crippen molar-refractivity contribution in [3.8, 4) is 0 Å². The standard InChI is InChI=1S/C13H20O/c1-4-6-12(14)9-11-7-5-8-13(2,3)10-11/h4,6-7H,5,8-10H2,1-3H3. The van der Waals surface area contributed by atoms with E-state index in [4.69, 9.17) is 0 Å². The van der Waals surface area contributed by atoms with Crippen molar-refractivity contribution in [2.45, 2.75) is 46.5 Å². The molecule has 0 aliphatic heterocycles. The van der Waals surface area contributed by atoms with Gasteiger partial charge in [-0.2, -0.15) is 0 Å². The smallest absolute Gasteiger partial charge is 0.159 e. The zero-order valence-electron chi connectivity index (χ0n) is 9.47. The van der Waals surface area contributed by atoms with Gasteiger partial charge in [-0.05, 0) is 37.7 Å². The molecule has 1 aliphatic carbocycles. The molecule has 0 spiro atoms. The Kier molecular flexibility index (Phi) is 3.68. The molecule has 1 heteroatoms. The van der Waals surface area contributed by atoms with E-state index in [2.05, 4.69) is 19.9 Å². The molecule has 1 nitrogen and oxygen atoms in total. The van der Waals surface area contributed by atoms with Crippen LogP contribution in [0.15, 0.2) is 23.8 Å². The van der Waals surface area contributed by atoms with Crippen LogP contribution in [0.4, 0.5) is 0 Å². The zero-order valence-corrected chi connectivity index (χ0v) is 9.47. The number of hydrogen-bond donors (Lipinski definition) is 0. The molecule has 0 aromatic carbocycles. The third kappa shape index (κ3) is 3.49. The molecule has 0 amide bonds. The van der Waals surface area contributed by atoms with Gasteiger partial charge in [-0.25, -0.2) is 0 Å². The molecule has 0 fully saturated rings. The van der Waals surface area contributed by atoms with Crippen molar-refractivity contribution in [2.24, 2.45) is 5.41 Å². The van der Waals surface area contributed by atoms with Gasteiger partial charge >= 0.3 is 0 Å². The average Bonchev–Trinajstić information content (AvgIpc) is 2.02. The summed E-state index contributed by atoms with van der Waals surface area (Å²) < 4.78 is 0. The van der Waals surface area contributed by atoms with Crippen molar-refractivity contribution >= 4 is 5.78 Å². The van der Waals surface area contributed by atoms with Crippen LogP contribution in [0.25, 0.3) is 0 Å². The molecule has 0 unspecified atom stereocenters. The summed E-state index contributed by atoms with van der Waals surface area (Å²) in [5.74, 6) is 0.233. The van der Waals surface area contributed by atoms with Crippen LogP contribution in [0.5, 0.6) is 0 Å². The van der Waals surface area contributed by atoms with E-state index in [0.717, 1.165) is 12.8 Å². The van der Waals surface area contributed by atoms with Gasteiger partial charge in [0.05, 0.1) is 0 Å². The fourth-order valence-corrected chi connectivity index (χ4v) is 2.05. The quantitative estimate of drug-likeness (QED) is 0.492. The molecule has 0 N–H and O–H groups in total. The lowest BCUT2D eigenvalue weighted by molar-refractivity contribution is -0.114. The van der Waals surface area contributed by atoms with Crippen molar-refractivity contribution < 1.29 is 4.79 Å². The first kappa shape index (κ1) is 11.2. The summed E-state index contributed by atoms with van der Waals surface area (Å²) in [5.41, 5.74) is 1.71. The molecule has 0 saturated heterocycles. The molecule has 0 atom stereocenters. The third-order valence-electron chi connectivity index (χ3n) is 2.71. The first-order valence-corrected chi connectivity index (χ1v) is 5.37. The Bertz CT molecular complexity index is 269. The second-order valence-electron chi connectivity index (χ2n) is 4.89. The SMILES string of the molecule is CC=CC(=O)CC1=CCCC(C)(C)C1. The third-order valence-corrected chi connectivity index (χ3v) is 2.71. The summed E-state index contributed by atoms with van der Waals surface area (Å²) in [7, 11) is 0. The number of rotatable bonds is 3. The summed E-state index contributed by atoms with van der Waals surface area (Å²) >= 11 is 0. The van der Waals surface area contributed by atoms with E-state index in [-0.39, 0.29) is 5.78 Å². The van der Waals surface area contributed by atoms with E-state index < -0.39 is 0 Å². The molecule has 1 aliphatic rings. The van der Waals surface area contributed by atoms with Gasteiger partial charge in [-0.3, -0.25) is 4.79 Å².